The number of ether oxygens (including phenoxy) is 2. The van der Waals surface area contributed by atoms with Gasteiger partial charge in [-0.3, -0.25) is 9.69 Å². The number of benzene rings is 1. The molecule has 1 fully saturated rings. The maximum absolute atomic E-state index is 12.8. The van der Waals surface area contributed by atoms with Crippen molar-refractivity contribution in [2.45, 2.75) is 58.3 Å². The summed E-state index contributed by atoms with van der Waals surface area (Å²) in [6, 6.07) is 7.36. The fourth-order valence-electron chi connectivity index (χ4n) is 4.46. The molecule has 0 amide bonds. The van der Waals surface area contributed by atoms with Gasteiger partial charge in [-0.05, 0) is 60.9 Å². The van der Waals surface area contributed by atoms with E-state index in [9.17, 15) is 9.90 Å². The van der Waals surface area contributed by atoms with Gasteiger partial charge < -0.3 is 19.6 Å². The standard InChI is InChI=1S/C23H32N6O4/c1-3-21(22-25-26-27-29(22)15-19-6-5-11-33-19)28(9-10-30)14-17-12-16-13-18(32-4-2)7-8-20(16)24-23(17)31/h7-8,12-13,19,21,30H,3-6,9-11,14-15H2,1-2H3,(H,24,31). The Hall–Kier alpha value is -2.82. The van der Waals surface area contributed by atoms with Gasteiger partial charge in [0.25, 0.3) is 5.56 Å². The zero-order chi connectivity index (χ0) is 23.2. The maximum atomic E-state index is 12.8. The third-order valence-corrected chi connectivity index (χ3v) is 6.05. The van der Waals surface area contributed by atoms with Crippen LogP contribution in [0.25, 0.3) is 10.9 Å². The molecule has 10 heteroatoms. The third kappa shape index (κ3) is 5.40. The molecule has 2 aromatic heterocycles. The second kappa shape index (κ2) is 10.9. The molecule has 2 unspecified atom stereocenters. The van der Waals surface area contributed by atoms with Crippen LogP contribution in [0.4, 0.5) is 0 Å². The molecule has 0 spiro atoms. The van der Waals surface area contributed by atoms with Crippen molar-refractivity contribution in [1.82, 2.24) is 30.1 Å². The lowest BCUT2D eigenvalue weighted by molar-refractivity contribution is 0.0875. The van der Waals surface area contributed by atoms with Gasteiger partial charge in [0, 0.05) is 36.2 Å². The molecule has 1 saturated heterocycles. The molecule has 2 N–H and O–H groups in total. The quantitative estimate of drug-likeness (QED) is 0.450. The first-order valence-corrected chi connectivity index (χ1v) is 11.6. The van der Waals surface area contributed by atoms with Gasteiger partial charge in [-0.15, -0.1) is 5.10 Å². The minimum Gasteiger partial charge on any atom is -0.494 e. The summed E-state index contributed by atoms with van der Waals surface area (Å²) in [6.45, 7) is 6.65. The zero-order valence-electron chi connectivity index (χ0n) is 19.2. The maximum Gasteiger partial charge on any atom is 0.252 e. The van der Waals surface area contributed by atoms with E-state index in [0.717, 1.165) is 48.3 Å². The van der Waals surface area contributed by atoms with Crippen molar-refractivity contribution in [3.8, 4) is 5.75 Å². The van der Waals surface area contributed by atoms with Crippen LogP contribution in [0.2, 0.25) is 0 Å². The first kappa shape index (κ1) is 23.3. The van der Waals surface area contributed by atoms with E-state index in [4.69, 9.17) is 9.47 Å². The van der Waals surface area contributed by atoms with E-state index in [1.165, 1.54) is 0 Å². The minimum atomic E-state index is -0.154. The molecule has 1 aliphatic heterocycles. The van der Waals surface area contributed by atoms with Crippen LogP contribution < -0.4 is 10.3 Å². The second-order valence-corrected chi connectivity index (χ2v) is 8.28. The van der Waals surface area contributed by atoms with Crippen molar-refractivity contribution in [3.05, 3.63) is 46.0 Å². The predicted molar refractivity (Wildman–Crippen MR) is 123 cm³/mol. The highest BCUT2D eigenvalue weighted by Crippen LogP contribution is 2.26. The number of hydrogen-bond donors (Lipinski definition) is 2. The average molecular weight is 457 g/mol. The van der Waals surface area contributed by atoms with Gasteiger partial charge in [0.15, 0.2) is 5.82 Å². The van der Waals surface area contributed by atoms with Crippen LogP contribution in [0.1, 0.15) is 50.5 Å². The number of rotatable bonds is 11. The molecule has 2 atom stereocenters. The lowest BCUT2D eigenvalue weighted by Crippen LogP contribution is -2.35. The Labute approximate surface area is 192 Å². The first-order chi connectivity index (χ1) is 16.1. The molecule has 1 aliphatic rings. The van der Waals surface area contributed by atoms with Gasteiger partial charge in [0.1, 0.15) is 5.75 Å². The summed E-state index contributed by atoms with van der Waals surface area (Å²) >= 11 is 0. The number of H-pyrrole nitrogens is 1. The van der Waals surface area contributed by atoms with Gasteiger partial charge in [-0.25, -0.2) is 4.68 Å². The number of aromatic amines is 1. The number of aromatic nitrogens is 5. The molecule has 178 valence electrons. The van der Waals surface area contributed by atoms with Crippen LogP contribution in [0, 0.1) is 0 Å². The van der Waals surface area contributed by atoms with Gasteiger partial charge >= 0.3 is 0 Å². The number of pyridine rings is 1. The molecule has 33 heavy (non-hydrogen) atoms. The SMILES string of the molecule is CCOc1ccc2[nH]c(=O)c(CN(CCO)C(CC)c3nnnn3CC3CCCO3)cc2c1. The van der Waals surface area contributed by atoms with E-state index in [-0.39, 0.29) is 24.3 Å². The molecule has 3 heterocycles. The molecule has 0 bridgehead atoms. The predicted octanol–water partition coefficient (Wildman–Crippen LogP) is 2.04. The van der Waals surface area contributed by atoms with E-state index >= 15 is 0 Å². The zero-order valence-corrected chi connectivity index (χ0v) is 19.2. The number of fused-ring (bicyclic) bond motifs is 1. The number of aliphatic hydroxyl groups excluding tert-OH is 1. The molecule has 0 aliphatic carbocycles. The Morgan fingerprint density at radius 2 is 2.24 bits per heavy atom. The van der Waals surface area contributed by atoms with E-state index in [0.29, 0.717) is 31.8 Å². The van der Waals surface area contributed by atoms with Crippen LogP contribution in [-0.4, -0.2) is 67.7 Å². The van der Waals surface area contributed by atoms with Crippen molar-refractivity contribution >= 4 is 10.9 Å². The van der Waals surface area contributed by atoms with Crippen molar-refractivity contribution < 1.29 is 14.6 Å². The van der Waals surface area contributed by atoms with Crippen LogP contribution in [0.3, 0.4) is 0 Å². The lowest BCUT2D eigenvalue weighted by Gasteiger charge is -2.29. The fourth-order valence-corrected chi connectivity index (χ4v) is 4.46. The van der Waals surface area contributed by atoms with Crippen LogP contribution >= 0.6 is 0 Å². The summed E-state index contributed by atoms with van der Waals surface area (Å²) < 4.78 is 13.2. The molecular weight excluding hydrogens is 424 g/mol. The van der Waals surface area contributed by atoms with Gasteiger partial charge in [0.05, 0.1) is 31.9 Å². The molecule has 3 aromatic rings. The molecule has 4 rings (SSSR count). The number of aliphatic hydroxyl groups is 1. The number of nitrogens with zero attached hydrogens (tertiary/aromatic N) is 5. The lowest BCUT2D eigenvalue weighted by atomic mass is 10.1. The Kier molecular flexibility index (Phi) is 7.69. The first-order valence-electron chi connectivity index (χ1n) is 11.6. The molecule has 0 radical (unpaired) electrons. The fraction of sp³-hybridized carbons (Fsp3) is 0.565. The Morgan fingerprint density at radius 3 is 2.97 bits per heavy atom. The smallest absolute Gasteiger partial charge is 0.252 e. The minimum absolute atomic E-state index is 0.0379. The highest BCUT2D eigenvalue weighted by molar-refractivity contribution is 5.80. The monoisotopic (exact) mass is 456 g/mol. The highest BCUT2D eigenvalue weighted by atomic mass is 16.5. The van der Waals surface area contributed by atoms with E-state index in [1.807, 2.05) is 31.2 Å². The topological polar surface area (TPSA) is 118 Å². The van der Waals surface area contributed by atoms with Crippen LogP contribution in [0.15, 0.2) is 29.1 Å². The van der Waals surface area contributed by atoms with Gasteiger partial charge in [-0.1, -0.05) is 6.92 Å². The van der Waals surface area contributed by atoms with Gasteiger partial charge in [-0.2, -0.15) is 0 Å². The van der Waals surface area contributed by atoms with Crippen LogP contribution in [0.5, 0.6) is 5.75 Å². The number of tetrazole rings is 1. The summed E-state index contributed by atoms with van der Waals surface area (Å²) in [5, 5.41) is 23.1. The Bertz CT molecular complexity index is 1110. The van der Waals surface area contributed by atoms with E-state index in [2.05, 4.69) is 32.3 Å². The number of nitrogens with one attached hydrogen (secondary N) is 1. The summed E-state index contributed by atoms with van der Waals surface area (Å²) in [5.74, 6) is 1.48. The Balaban J connectivity index is 1.61. The van der Waals surface area contributed by atoms with Crippen molar-refractivity contribution in [2.24, 2.45) is 0 Å². The molecule has 0 saturated carbocycles. The van der Waals surface area contributed by atoms with E-state index in [1.54, 1.807) is 4.68 Å². The third-order valence-electron chi connectivity index (χ3n) is 6.05. The van der Waals surface area contributed by atoms with E-state index < -0.39 is 0 Å². The molecular formula is C23H32N6O4. The molecule has 1 aromatic carbocycles. The summed E-state index contributed by atoms with van der Waals surface area (Å²) in [7, 11) is 0. The average Bonchev–Trinajstić information content (AvgIpc) is 3.48. The summed E-state index contributed by atoms with van der Waals surface area (Å²) in [4.78, 5) is 17.9. The Morgan fingerprint density at radius 1 is 1.36 bits per heavy atom. The highest BCUT2D eigenvalue weighted by Gasteiger charge is 2.27. The van der Waals surface area contributed by atoms with Crippen molar-refractivity contribution in [1.29, 1.82) is 0 Å². The molecule has 10 nitrogen and oxygen atoms in total. The van der Waals surface area contributed by atoms with Crippen molar-refractivity contribution in [3.63, 3.8) is 0 Å². The van der Waals surface area contributed by atoms with Gasteiger partial charge in [0.2, 0.25) is 0 Å². The second-order valence-electron chi connectivity index (χ2n) is 8.28. The summed E-state index contributed by atoms with van der Waals surface area (Å²) in [5.41, 5.74) is 1.22. The number of hydrogen-bond acceptors (Lipinski definition) is 8. The largest absolute Gasteiger partial charge is 0.494 e. The van der Waals surface area contributed by atoms with Crippen molar-refractivity contribution in [2.75, 3.05) is 26.4 Å². The summed E-state index contributed by atoms with van der Waals surface area (Å²) in [6.07, 6.45) is 2.88. The normalized spacial score (nSPS) is 17.2. The van der Waals surface area contributed by atoms with Crippen LogP contribution in [-0.2, 0) is 17.8 Å².